The molecule has 0 spiro atoms. The summed E-state index contributed by atoms with van der Waals surface area (Å²) in [6.07, 6.45) is -0.560. The van der Waals surface area contributed by atoms with E-state index in [9.17, 15) is 14.4 Å². The van der Waals surface area contributed by atoms with Crippen molar-refractivity contribution in [3.63, 3.8) is 0 Å². The molecule has 2 heterocycles. The lowest BCUT2D eigenvalue weighted by molar-refractivity contribution is -0.122. The van der Waals surface area contributed by atoms with Crippen LogP contribution >= 0.6 is 11.3 Å². The van der Waals surface area contributed by atoms with E-state index in [0.717, 1.165) is 0 Å². The second kappa shape index (κ2) is 7.79. The first kappa shape index (κ1) is 18.9. The van der Waals surface area contributed by atoms with Crippen molar-refractivity contribution in [3.8, 4) is 5.75 Å². The highest BCUT2D eigenvalue weighted by atomic mass is 32.1. The van der Waals surface area contributed by atoms with Crippen LogP contribution in [0.4, 0.5) is 11.4 Å². The lowest BCUT2D eigenvalue weighted by atomic mass is 10.0. The van der Waals surface area contributed by atoms with Crippen molar-refractivity contribution in [2.24, 2.45) is 5.92 Å². The van der Waals surface area contributed by atoms with Crippen LogP contribution in [0.3, 0.4) is 0 Å². The maximum Gasteiger partial charge on any atom is 0.265 e. The van der Waals surface area contributed by atoms with Gasteiger partial charge in [0.2, 0.25) is 5.91 Å². The number of amides is 3. The van der Waals surface area contributed by atoms with Gasteiger partial charge in [0.25, 0.3) is 11.8 Å². The summed E-state index contributed by atoms with van der Waals surface area (Å²) in [5, 5.41) is 10.1. The van der Waals surface area contributed by atoms with Gasteiger partial charge in [-0.3, -0.25) is 14.4 Å². The summed E-state index contributed by atoms with van der Waals surface area (Å²) in [5.41, 5.74) is 1.01. The van der Waals surface area contributed by atoms with Crippen LogP contribution in [-0.4, -0.2) is 29.9 Å². The predicted octanol–water partition coefficient (Wildman–Crippen LogP) is 2.86. The Bertz CT molecular complexity index is 864. The molecule has 1 aliphatic rings. The van der Waals surface area contributed by atoms with Gasteiger partial charge in [-0.05, 0) is 42.5 Å². The van der Waals surface area contributed by atoms with E-state index < -0.39 is 12.1 Å². The first-order valence-corrected chi connectivity index (χ1v) is 9.50. The van der Waals surface area contributed by atoms with E-state index in [1.54, 1.807) is 37.3 Å². The fourth-order valence-electron chi connectivity index (χ4n) is 2.66. The van der Waals surface area contributed by atoms with Crippen LogP contribution in [0.2, 0.25) is 0 Å². The summed E-state index contributed by atoms with van der Waals surface area (Å²) in [4.78, 5) is 37.3. The molecule has 3 rings (SSSR count). The standard InChI is InChI=1S/C19H21N3O4S/c1-10(2)16(22-18(24)15-5-4-8-27-15)19(25)20-12-6-7-14-13(9-12)21-17(23)11(3)26-14/h4-11,16H,1-3H3,(H,20,25)(H,21,23)(H,22,24)/t11-,16-/m0/s1. The van der Waals surface area contributed by atoms with Crippen LogP contribution in [0.25, 0.3) is 0 Å². The molecule has 142 valence electrons. The molecule has 7 nitrogen and oxygen atoms in total. The highest BCUT2D eigenvalue weighted by molar-refractivity contribution is 7.12. The maximum atomic E-state index is 12.7. The molecule has 0 radical (unpaired) electrons. The van der Waals surface area contributed by atoms with Gasteiger partial charge in [-0.15, -0.1) is 11.3 Å². The average Bonchev–Trinajstić information content (AvgIpc) is 3.15. The van der Waals surface area contributed by atoms with Crippen molar-refractivity contribution in [1.82, 2.24) is 5.32 Å². The van der Waals surface area contributed by atoms with Crippen molar-refractivity contribution in [2.45, 2.75) is 32.9 Å². The molecule has 1 aliphatic heterocycles. The first-order chi connectivity index (χ1) is 12.8. The van der Waals surface area contributed by atoms with Gasteiger partial charge in [0.1, 0.15) is 11.8 Å². The first-order valence-electron chi connectivity index (χ1n) is 8.62. The summed E-state index contributed by atoms with van der Waals surface area (Å²) >= 11 is 1.32. The van der Waals surface area contributed by atoms with Gasteiger partial charge in [-0.25, -0.2) is 0 Å². The number of benzene rings is 1. The third-order valence-electron chi connectivity index (χ3n) is 4.16. The average molecular weight is 387 g/mol. The largest absolute Gasteiger partial charge is 0.479 e. The second-order valence-electron chi connectivity index (χ2n) is 6.62. The molecule has 1 aromatic carbocycles. The molecule has 0 unspecified atom stereocenters. The Morgan fingerprint density at radius 2 is 2.04 bits per heavy atom. The van der Waals surface area contributed by atoms with E-state index in [0.29, 0.717) is 22.0 Å². The van der Waals surface area contributed by atoms with E-state index in [2.05, 4.69) is 16.0 Å². The van der Waals surface area contributed by atoms with E-state index >= 15 is 0 Å². The lowest BCUT2D eigenvalue weighted by Gasteiger charge is -2.24. The fourth-order valence-corrected chi connectivity index (χ4v) is 3.29. The number of anilines is 2. The molecule has 0 bridgehead atoms. The summed E-state index contributed by atoms with van der Waals surface area (Å²) in [6, 6.07) is 7.82. The minimum atomic E-state index is -0.693. The Hall–Kier alpha value is -2.87. The van der Waals surface area contributed by atoms with Crippen LogP contribution in [0.15, 0.2) is 35.7 Å². The van der Waals surface area contributed by atoms with Gasteiger partial charge in [0, 0.05) is 5.69 Å². The van der Waals surface area contributed by atoms with Crippen molar-refractivity contribution in [1.29, 1.82) is 0 Å². The fraction of sp³-hybridized carbons (Fsp3) is 0.316. The molecule has 3 N–H and O–H groups in total. The number of carbonyl (C=O) groups excluding carboxylic acids is 3. The Labute approximate surface area is 161 Å². The van der Waals surface area contributed by atoms with Gasteiger partial charge in [0.05, 0.1) is 10.6 Å². The van der Waals surface area contributed by atoms with Crippen LogP contribution in [0.1, 0.15) is 30.4 Å². The lowest BCUT2D eigenvalue weighted by Crippen LogP contribution is -2.47. The number of nitrogens with one attached hydrogen (secondary N) is 3. The van der Waals surface area contributed by atoms with Crippen LogP contribution < -0.4 is 20.7 Å². The van der Waals surface area contributed by atoms with E-state index in [4.69, 9.17) is 4.74 Å². The molecule has 0 fully saturated rings. The number of ether oxygens (including phenoxy) is 1. The number of hydrogen-bond donors (Lipinski definition) is 3. The predicted molar refractivity (Wildman–Crippen MR) is 104 cm³/mol. The zero-order chi connectivity index (χ0) is 19.6. The van der Waals surface area contributed by atoms with Gasteiger partial charge in [-0.2, -0.15) is 0 Å². The number of hydrogen-bond acceptors (Lipinski definition) is 5. The Balaban J connectivity index is 1.71. The normalized spacial score (nSPS) is 16.7. The summed E-state index contributed by atoms with van der Waals surface area (Å²) in [6.45, 7) is 5.39. The minimum absolute atomic E-state index is 0.101. The Morgan fingerprint density at radius 3 is 2.70 bits per heavy atom. The van der Waals surface area contributed by atoms with E-state index in [1.165, 1.54) is 11.3 Å². The van der Waals surface area contributed by atoms with E-state index in [-0.39, 0.29) is 23.6 Å². The Morgan fingerprint density at radius 1 is 1.26 bits per heavy atom. The smallest absolute Gasteiger partial charge is 0.265 e. The maximum absolute atomic E-state index is 12.7. The second-order valence-corrected chi connectivity index (χ2v) is 7.57. The van der Waals surface area contributed by atoms with Crippen molar-refractivity contribution < 1.29 is 19.1 Å². The summed E-state index contributed by atoms with van der Waals surface area (Å²) < 4.78 is 5.50. The molecule has 3 amide bonds. The zero-order valence-electron chi connectivity index (χ0n) is 15.2. The third kappa shape index (κ3) is 4.28. The van der Waals surface area contributed by atoms with Crippen molar-refractivity contribution >= 4 is 40.4 Å². The number of fused-ring (bicyclic) bond motifs is 1. The number of rotatable bonds is 5. The Kier molecular flexibility index (Phi) is 5.46. The quantitative estimate of drug-likeness (QED) is 0.735. The molecular formula is C19H21N3O4S. The molecular weight excluding hydrogens is 366 g/mol. The molecule has 0 saturated carbocycles. The molecule has 27 heavy (non-hydrogen) atoms. The van der Waals surface area contributed by atoms with Crippen LogP contribution in [-0.2, 0) is 9.59 Å². The topological polar surface area (TPSA) is 96.5 Å². The van der Waals surface area contributed by atoms with Gasteiger partial charge in [0.15, 0.2) is 6.10 Å². The van der Waals surface area contributed by atoms with E-state index in [1.807, 2.05) is 19.2 Å². The molecule has 8 heteroatoms. The summed E-state index contributed by atoms with van der Waals surface area (Å²) in [5.74, 6) is -0.401. The molecule has 2 atom stereocenters. The van der Waals surface area contributed by atoms with Crippen LogP contribution in [0, 0.1) is 5.92 Å². The zero-order valence-corrected chi connectivity index (χ0v) is 16.1. The highest BCUT2D eigenvalue weighted by Gasteiger charge is 2.27. The SMILES string of the molecule is CC(C)[C@H](NC(=O)c1cccs1)C(=O)Nc1ccc2c(c1)NC(=O)[C@H](C)O2. The van der Waals surface area contributed by atoms with Gasteiger partial charge < -0.3 is 20.7 Å². The number of carbonyl (C=O) groups is 3. The summed E-state index contributed by atoms with van der Waals surface area (Å²) in [7, 11) is 0. The molecule has 1 aromatic heterocycles. The van der Waals surface area contributed by atoms with Gasteiger partial charge in [-0.1, -0.05) is 19.9 Å². The van der Waals surface area contributed by atoms with Gasteiger partial charge >= 0.3 is 0 Å². The highest BCUT2D eigenvalue weighted by Crippen LogP contribution is 2.32. The third-order valence-corrected chi connectivity index (χ3v) is 5.03. The molecule has 0 aliphatic carbocycles. The molecule has 0 saturated heterocycles. The number of thiophene rings is 1. The van der Waals surface area contributed by atoms with Crippen LogP contribution in [0.5, 0.6) is 5.75 Å². The minimum Gasteiger partial charge on any atom is -0.479 e. The molecule has 2 aromatic rings. The van der Waals surface area contributed by atoms with Crippen molar-refractivity contribution in [3.05, 3.63) is 40.6 Å². The van der Waals surface area contributed by atoms with Crippen molar-refractivity contribution in [2.75, 3.05) is 10.6 Å². The monoisotopic (exact) mass is 387 g/mol.